The van der Waals surface area contributed by atoms with Gasteiger partial charge in [0.25, 0.3) is 5.60 Å². The summed E-state index contributed by atoms with van der Waals surface area (Å²) in [6.45, 7) is 0.220. The van der Waals surface area contributed by atoms with Gasteiger partial charge in [0.2, 0.25) is 17.3 Å². The summed E-state index contributed by atoms with van der Waals surface area (Å²) < 4.78 is 10.3. The fraction of sp³-hybridized carbons (Fsp3) is 0.810. The summed E-state index contributed by atoms with van der Waals surface area (Å²) in [7, 11) is 0. The second-order valence-electron chi connectivity index (χ2n) is 7.59. The normalized spacial score (nSPS) is 20.9. The minimum atomic E-state index is -2.60. The summed E-state index contributed by atoms with van der Waals surface area (Å²) in [6, 6.07) is 0. The maximum atomic E-state index is 12.5. The van der Waals surface area contributed by atoms with Gasteiger partial charge in [0.15, 0.2) is 0 Å². The molecule has 0 saturated heterocycles. The van der Waals surface area contributed by atoms with Crippen LogP contribution < -0.4 is 0 Å². The summed E-state index contributed by atoms with van der Waals surface area (Å²) in [6.07, 6.45) is 6.91. The Labute approximate surface area is 177 Å². The number of ketones is 1. The molecular formula is C21H36O9. The number of unbranched alkanes of at least 4 members (excludes halogenated alkanes) is 9. The number of aliphatic hydroxyl groups is 5. The lowest BCUT2D eigenvalue weighted by Crippen LogP contribution is -2.58. The predicted molar refractivity (Wildman–Crippen MR) is 107 cm³/mol. The lowest BCUT2D eigenvalue weighted by molar-refractivity contribution is -0.179. The molecule has 30 heavy (non-hydrogen) atoms. The van der Waals surface area contributed by atoms with E-state index in [9.17, 15) is 30.0 Å². The maximum Gasteiger partial charge on any atom is 0.378 e. The molecule has 1 unspecified atom stereocenters. The summed E-state index contributed by atoms with van der Waals surface area (Å²) in [5.74, 6) is -4.27. The molecule has 0 fully saturated rings. The van der Waals surface area contributed by atoms with Crippen molar-refractivity contribution in [2.45, 2.75) is 88.9 Å². The molecule has 3 atom stereocenters. The zero-order valence-electron chi connectivity index (χ0n) is 17.7. The van der Waals surface area contributed by atoms with Crippen molar-refractivity contribution in [2.24, 2.45) is 0 Å². The van der Waals surface area contributed by atoms with E-state index in [-0.39, 0.29) is 6.61 Å². The van der Waals surface area contributed by atoms with Crippen LogP contribution >= 0.6 is 0 Å². The second kappa shape index (κ2) is 13.6. The molecule has 9 nitrogen and oxygen atoms in total. The predicted octanol–water partition coefficient (Wildman–Crippen LogP) is 1.26. The van der Waals surface area contributed by atoms with Crippen molar-refractivity contribution < 1.29 is 44.6 Å². The quantitative estimate of drug-likeness (QED) is 0.169. The summed E-state index contributed by atoms with van der Waals surface area (Å²) in [5, 5.41) is 48.2. The van der Waals surface area contributed by atoms with Crippen molar-refractivity contribution in [3.8, 4) is 0 Å². The van der Waals surface area contributed by atoms with Gasteiger partial charge in [-0.25, -0.2) is 4.79 Å². The van der Waals surface area contributed by atoms with Gasteiger partial charge < -0.3 is 35.0 Å². The molecule has 5 N–H and O–H groups in total. The molecule has 0 spiro atoms. The van der Waals surface area contributed by atoms with Crippen LogP contribution in [0.4, 0.5) is 0 Å². The van der Waals surface area contributed by atoms with Crippen LogP contribution in [0.5, 0.6) is 0 Å². The van der Waals surface area contributed by atoms with Crippen LogP contribution in [0.15, 0.2) is 11.5 Å². The SMILES string of the molecule is CCCCCCCCCCCCOC1=C(O)C(=O)O[C@]1(C(=O)C(O)CO)[C@@H](O)CO. The fourth-order valence-corrected chi connectivity index (χ4v) is 3.45. The number of esters is 1. The molecule has 0 bridgehead atoms. The highest BCUT2D eigenvalue weighted by Gasteiger charge is 2.61. The number of cyclic esters (lactones) is 1. The van der Waals surface area contributed by atoms with Gasteiger partial charge in [0.05, 0.1) is 19.8 Å². The smallest absolute Gasteiger partial charge is 0.378 e. The lowest BCUT2D eigenvalue weighted by atomic mass is 9.87. The van der Waals surface area contributed by atoms with Gasteiger partial charge in [-0.1, -0.05) is 64.7 Å². The third-order valence-electron chi connectivity index (χ3n) is 5.23. The van der Waals surface area contributed by atoms with Crippen LogP contribution in [0.3, 0.4) is 0 Å². The van der Waals surface area contributed by atoms with E-state index in [1.54, 1.807) is 0 Å². The van der Waals surface area contributed by atoms with E-state index in [4.69, 9.17) is 14.6 Å². The second-order valence-corrected chi connectivity index (χ2v) is 7.59. The monoisotopic (exact) mass is 432 g/mol. The number of carbonyl (C=O) groups is 2. The molecule has 1 aliphatic rings. The number of rotatable bonds is 17. The average molecular weight is 433 g/mol. The first-order valence-corrected chi connectivity index (χ1v) is 10.8. The first-order chi connectivity index (χ1) is 14.4. The minimum Gasteiger partial charge on any atom is -0.499 e. The Kier molecular flexibility index (Phi) is 11.9. The van der Waals surface area contributed by atoms with Crippen LogP contribution in [-0.2, 0) is 19.1 Å². The van der Waals surface area contributed by atoms with Crippen molar-refractivity contribution in [1.82, 2.24) is 0 Å². The lowest BCUT2D eigenvalue weighted by Gasteiger charge is -2.33. The standard InChI is InChI=1S/C21H36O9/c1-2-3-4-5-6-7-8-9-10-11-12-29-19-17(26)20(28)30-21(19,16(25)14-23)18(27)15(24)13-22/h15-16,22-26H,2-14H2,1H3/t15?,16-,21-/m0/s1. The Balaban J connectivity index is 2.58. The number of aliphatic hydroxyl groups excluding tert-OH is 5. The third-order valence-corrected chi connectivity index (χ3v) is 5.23. The van der Waals surface area contributed by atoms with Gasteiger partial charge in [-0.05, 0) is 6.42 Å². The molecule has 0 aromatic heterocycles. The number of hydrogen-bond acceptors (Lipinski definition) is 9. The van der Waals surface area contributed by atoms with E-state index in [1.807, 2.05) is 0 Å². The molecule has 0 amide bonds. The Morgan fingerprint density at radius 1 is 0.967 bits per heavy atom. The Morgan fingerprint density at radius 3 is 2.00 bits per heavy atom. The van der Waals surface area contributed by atoms with E-state index in [0.717, 1.165) is 25.7 Å². The molecule has 1 rings (SSSR count). The summed E-state index contributed by atoms with van der Waals surface area (Å²) >= 11 is 0. The highest BCUT2D eigenvalue weighted by molar-refractivity contribution is 6.03. The van der Waals surface area contributed by atoms with Crippen LogP contribution in [0, 0.1) is 0 Å². The van der Waals surface area contributed by atoms with Crippen LogP contribution in [0.2, 0.25) is 0 Å². The Hall–Kier alpha value is -1.68. The van der Waals surface area contributed by atoms with E-state index in [0.29, 0.717) is 6.42 Å². The van der Waals surface area contributed by atoms with Gasteiger partial charge in [-0.15, -0.1) is 0 Å². The van der Waals surface area contributed by atoms with E-state index < -0.39 is 54.3 Å². The van der Waals surface area contributed by atoms with E-state index in [1.165, 1.54) is 32.1 Å². The molecule has 0 saturated carbocycles. The molecule has 1 aliphatic heterocycles. The molecule has 0 radical (unpaired) electrons. The zero-order chi connectivity index (χ0) is 22.6. The topological polar surface area (TPSA) is 154 Å². The Morgan fingerprint density at radius 2 is 1.50 bits per heavy atom. The van der Waals surface area contributed by atoms with Crippen molar-refractivity contribution in [3.05, 3.63) is 11.5 Å². The third kappa shape index (κ3) is 6.66. The molecule has 9 heteroatoms. The number of carbonyl (C=O) groups excluding carboxylic acids is 2. The molecule has 0 aromatic rings. The molecule has 0 aromatic carbocycles. The molecule has 1 heterocycles. The van der Waals surface area contributed by atoms with E-state index in [2.05, 4.69) is 6.92 Å². The summed E-state index contributed by atoms with van der Waals surface area (Å²) in [4.78, 5) is 24.4. The van der Waals surface area contributed by atoms with Crippen LogP contribution in [0.1, 0.15) is 71.1 Å². The number of ether oxygens (including phenoxy) is 2. The van der Waals surface area contributed by atoms with Crippen molar-refractivity contribution >= 4 is 11.8 Å². The van der Waals surface area contributed by atoms with Gasteiger partial charge in [0.1, 0.15) is 12.2 Å². The molecule has 0 aliphatic carbocycles. The van der Waals surface area contributed by atoms with Crippen molar-refractivity contribution in [2.75, 3.05) is 19.8 Å². The number of Topliss-reactive ketones (excluding diaryl/α,β-unsaturated/α-hetero) is 1. The van der Waals surface area contributed by atoms with E-state index >= 15 is 0 Å². The largest absolute Gasteiger partial charge is 0.499 e. The fourth-order valence-electron chi connectivity index (χ4n) is 3.45. The van der Waals surface area contributed by atoms with Gasteiger partial charge >= 0.3 is 5.97 Å². The molecule has 174 valence electrons. The van der Waals surface area contributed by atoms with Gasteiger partial charge in [-0.2, -0.15) is 0 Å². The number of hydrogen-bond donors (Lipinski definition) is 5. The van der Waals surface area contributed by atoms with Gasteiger partial charge in [-0.3, -0.25) is 4.79 Å². The van der Waals surface area contributed by atoms with Crippen molar-refractivity contribution in [3.63, 3.8) is 0 Å². The maximum absolute atomic E-state index is 12.5. The highest BCUT2D eigenvalue weighted by atomic mass is 16.6. The van der Waals surface area contributed by atoms with Crippen molar-refractivity contribution in [1.29, 1.82) is 0 Å². The highest BCUT2D eigenvalue weighted by Crippen LogP contribution is 2.37. The summed E-state index contributed by atoms with van der Waals surface area (Å²) in [5.41, 5.74) is -2.60. The Bertz CT molecular complexity index is 575. The first kappa shape index (κ1) is 26.4. The molecular weight excluding hydrogens is 396 g/mol. The average Bonchev–Trinajstić information content (AvgIpc) is 3.01. The van der Waals surface area contributed by atoms with Crippen LogP contribution in [-0.4, -0.2) is 74.9 Å². The zero-order valence-corrected chi connectivity index (χ0v) is 17.7. The first-order valence-electron chi connectivity index (χ1n) is 10.8. The van der Waals surface area contributed by atoms with Crippen LogP contribution in [0.25, 0.3) is 0 Å². The minimum absolute atomic E-state index is 0.0366. The van der Waals surface area contributed by atoms with Gasteiger partial charge in [0, 0.05) is 0 Å².